The number of anilines is 1. The highest BCUT2D eigenvalue weighted by atomic mass is 16.5. The summed E-state index contributed by atoms with van der Waals surface area (Å²) in [5.74, 6) is -0.367. The van der Waals surface area contributed by atoms with Gasteiger partial charge >= 0.3 is 5.97 Å². The molecular weight excluding hydrogens is 412 g/mol. The van der Waals surface area contributed by atoms with Crippen molar-refractivity contribution in [2.24, 2.45) is 11.3 Å². The third-order valence-corrected chi connectivity index (χ3v) is 6.81. The number of nitrogens with zero attached hydrogens (tertiary/aromatic N) is 1. The second kappa shape index (κ2) is 8.97. The van der Waals surface area contributed by atoms with Gasteiger partial charge in [0.2, 0.25) is 0 Å². The zero-order valence-electron chi connectivity index (χ0n) is 20.1. The quantitative estimate of drug-likeness (QED) is 0.517. The Hall–Kier alpha value is -3.21. The van der Waals surface area contributed by atoms with Crippen molar-refractivity contribution in [2.45, 2.75) is 53.9 Å². The van der Waals surface area contributed by atoms with E-state index >= 15 is 0 Å². The number of rotatable bonds is 4. The van der Waals surface area contributed by atoms with E-state index in [2.05, 4.69) is 26.1 Å². The lowest BCUT2D eigenvalue weighted by Gasteiger charge is -2.35. The number of hydrogen-bond donors (Lipinski definition) is 1. The second-order valence-corrected chi connectivity index (χ2v) is 10.2. The Balaban J connectivity index is 1.58. The fourth-order valence-corrected chi connectivity index (χ4v) is 4.58. The molecule has 0 fully saturated rings. The highest BCUT2D eigenvalue weighted by Crippen LogP contribution is 2.39. The number of aromatic nitrogens is 1. The van der Waals surface area contributed by atoms with Crippen molar-refractivity contribution in [3.8, 4) is 0 Å². The van der Waals surface area contributed by atoms with Gasteiger partial charge in [-0.15, -0.1) is 0 Å². The summed E-state index contributed by atoms with van der Waals surface area (Å²) in [4.78, 5) is 30.6. The van der Waals surface area contributed by atoms with Crippen LogP contribution < -0.4 is 5.32 Å². The number of ether oxygens (including phenoxy) is 1. The van der Waals surface area contributed by atoms with Crippen LogP contribution in [0.1, 0.15) is 59.9 Å². The fraction of sp³-hybridized carbons (Fsp3) is 0.393. The molecule has 0 radical (unpaired) electrons. The van der Waals surface area contributed by atoms with Crippen molar-refractivity contribution in [3.05, 3.63) is 70.4 Å². The van der Waals surface area contributed by atoms with E-state index in [1.807, 2.05) is 56.3 Å². The van der Waals surface area contributed by atoms with Crippen molar-refractivity contribution in [3.63, 3.8) is 0 Å². The Morgan fingerprint density at radius 2 is 1.85 bits per heavy atom. The van der Waals surface area contributed by atoms with E-state index < -0.39 is 5.97 Å². The highest BCUT2D eigenvalue weighted by Gasteiger charge is 2.33. The molecule has 1 amide bonds. The van der Waals surface area contributed by atoms with E-state index in [0.29, 0.717) is 17.2 Å². The van der Waals surface area contributed by atoms with Crippen molar-refractivity contribution in [1.82, 2.24) is 4.98 Å². The number of benzene rings is 2. The number of carbonyl (C=O) groups excluding carboxylic acids is 2. The van der Waals surface area contributed by atoms with Crippen LogP contribution in [0.25, 0.3) is 10.9 Å². The maximum absolute atomic E-state index is 13.3. The molecule has 33 heavy (non-hydrogen) atoms. The number of nitrogens with one attached hydrogen (secondary N) is 1. The molecule has 172 valence electrons. The summed E-state index contributed by atoms with van der Waals surface area (Å²) in [5.41, 5.74) is 6.37. The fourth-order valence-electron chi connectivity index (χ4n) is 4.58. The molecule has 0 saturated heterocycles. The number of amides is 1. The molecular formula is C28H32N2O3. The third-order valence-electron chi connectivity index (χ3n) is 6.81. The van der Waals surface area contributed by atoms with E-state index in [-0.39, 0.29) is 17.9 Å². The van der Waals surface area contributed by atoms with Gasteiger partial charge in [-0.25, -0.2) is 4.79 Å². The van der Waals surface area contributed by atoms with Crippen molar-refractivity contribution >= 4 is 28.5 Å². The topological polar surface area (TPSA) is 68.3 Å². The van der Waals surface area contributed by atoms with Crippen LogP contribution in [0.2, 0.25) is 0 Å². The van der Waals surface area contributed by atoms with Crippen molar-refractivity contribution in [2.75, 3.05) is 11.9 Å². The normalized spacial score (nSPS) is 15.7. The second-order valence-electron chi connectivity index (χ2n) is 10.2. The summed E-state index contributed by atoms with van der Waals surface area (Å²) in [6, 6.07) is 13.4. The van der Waals surface area contributed by atoms with E-state index in [9.17, 15) is 9.59 Å². The van der Waals surface area contributed by atoms with Crippen molar-refractivity contribution in [1.29, 1.82) is 0 Å². The Labute approximate surface area is 195 Å². The zero-order valence-corrected chi connectivity index (χ0v) is 20.1. The minimum Gasteiger partial charge on any atom is -0.452 e. The zero-order chi connectivity index (χ0) is 23.8. The summed E-state index contributed by atoms with van der Waals surface area (Å²) in [5, 5.41) is 3.60. The molecule has 3 aromatic rings. The molecule has 1 unspecified atom stereocenters. The predicted molar refractivity (Wildman–Crippen MR) is 132 cm³/mol. The average molecular weight is 445 g/mol. The van der Waals surface area contributed by atoms with E-state index in [0.717, 1.165) is 52.5 Å². The number of hydrogen-bond acceptors (Lipinski definition) is 4. The molecule has 1 atom stereocenters. The SMILES string of the molecule is Cc1ccc(NC(=O)COC(=O)c2c3c(nc4ccccc24)CCC(C(C)(C)C)C3)cc1C. The molecule has 1 aliphatic rings. The van der Waals surface area contributed by atoms with Crippen LogP contribution in [0.5, 0.6) is 0 Å². The lowest BCUT2D eigenvalue weighted by molar-refractivity contribution is -0.119. The van der Waals surface area contributed by atoms with E-state index in [1.54, 1.807) is 0 Å². The summed E-state index contributed by atoms with van der Waals surface area (Å²) >= 11 is 0. The minimum absolute atomic E-state index is 0.135. The molecule has 0 aliphatic heterocycles. The largest absolute Gasteiger partial charge is 0.452 e. The highest BCUT2D eigenvalue weighted by molar-refractivity contribution is 6.06. The maximum atomic E-state index is 13.3. The van der Waals surface area contributed by atoms with Gasteiger partial charge < -0.3 is 10.1 Å². The van der Waals surface area contributed by atoms with Gasteiger partial charge in [-0.3, -0.25) is 9.78 Å². The number of para-hydroxylation sites is 1. The lowest BCUT2D eigenvalue weighted by atomic mass is 9.70. The predicted octanol–water partition coefficient (Wildman–Crippen LogP) is 5.80. The van der Waals surface area contributed by atoms with Gasteiger partial charge in [-0.05, 0) is 79.3 Å². The molecule has 1 aliphatic carbocycles. The Kier molecular flexibility index (Phi) is 6.24. The first-order chi connectivity index (χ1) is 15.6. The van der Waals surface area contributed by atoms with Crippen LogP contribution in [-0.4, -0.2) is 23.5 Å². The van der Waals surface area contributed by atoms with Crippen LogP contribution in [0, 0.1) is 25.2 Å². The minimum atomic E-state index is -0.463. The molecule has 0 saturated carbocycles. The van der Waals surface area contributed by atoms with Gasteiger partial charge in [0.1, 0.15) is 0 Å². The lowest BCUT2D eigenvalue weighted by Crippen LogP contribution is -2.29. The Morgan fingerprint density at radius 1 is 1.09 bits per heavy atom. The van der Waals surface area contributed by atoms with Crippen LogP contribution in [-0.2, 0) is 22.4 Å². The summed E-state index contributed by atoms with van der Waals surface area (Å²) < 4.78 is 5.53. The summed E-state index contributed by atoms with van der Waals surface area (Å²) in [6.07, 6.45) is 2.68. The first-order valence-corrected chi connectivity index (χ1v) is 11.6. The average Bonchev–Trinajstić information content (AvgIpc) is 2.77. The maximum Gasteiger partial charge on any atom is 0.339 e. The molecule has 0 spiro atoms. The van der Waals surface area contributed by atoms with E-state index in [1.165, 1.54) is 0 Å². The van der Waals surface area contributed by atoms with Gasteiger partial charge in [0.15, 0.2) is 6.61 Å². The Morgan fingerprint density at radius 3 is 2.58 bits per heavy atom. The molecule has 1 aromatic heterocycles. The molecule has 4 rings (SSSR count). The van der Waals surface area contributed by atoms with Gasteiger partial charge in [0.05, 0.1) is 11.1 Å². The number of fused-ring (bicyclic) bond motifs is 2. The molecule has 1 heterocycles. The Bertz CT molecular complexity index is 1220. The number of carbonyl (C=O) groups is 2. The van der Waals surface area contributed by atoms with Crippen LogP contribution in [0.3, 0.4) is 0 Å². The van der Waals surface area contributed by atoms with Crippen LogP contribution >= 0.6 is 0 Å². The smallest absolute Gasteiger partial charge is 0.339 e. The summed E-state index contributed by atoms with van der Waals surface area (Å²) in [7, 11) is 0. The number of aryl methyl sites for hydroxylation is 3. The number of esters is 1. The molecule has 1 N–H and O–H groups in total. The van der Waals surface area contributed by atoms with Gasteiger partial charge in [0.25, 0.3) is 5.91 Å². The molecule has 5 nitrogen and oxygen atoms in total. The summed E-state index contributed by atoms with van der Waals surface area (Å²) in [6.45, 7) is 10.4. The molecule has 2 aromatic carbocycles. The van der Waals surface area contributed by atoms with Gasteiger partial charge in [-0.2, -0.15) is 0 Å². The van der Waals surface area contributed by atoms with E-state index in [4.69, 9.17) is 9.72 Å². The molecule has 0 bridgehead atoms. The monoisotopic (exact) mass is 444 g/mol. The first kappa shape index (κ1) is 23.0. The molecule has 5 heteroatoms. The third kappa shape index (κ3) is 4.92. The van der Waals surface area contributed by atoms with Crippen molar-refractivity contribution < 1.29 is 14.3 Å². The standard InChI is InChI=1S/C28H32N2O3/c1-17-10-12-20(14-18(17)2)29-25(31)16-33-27(32)26-21-8-6-7-9-23(21)30-24-13-11-19(15-22(24)26)28(3,4)5/h6-10,12,14,19H,11,13,15-16H2,1-5H3,(H,29,31). The number of pyridine rings is 1. The van der Waals surface area contributed by atoms with Crippen LogP contribution in [0.15, 0.2) is 42.5 Å². The van der Waals surface area contributed by atoms with Gasteiger partial charge in [0, 0.05) is 16.8 Å². The van der Waals surface area contributed by atoms with Crippen LogP contribution in [0.4, 0.5) is 5.69 Å². The van der Waals surface area contributed by atoms with Gasteiger partial charge in [-0.1, -0.05) is 45.0 Å². The first-order valence-electron chi connectivity index (χ1n) is 11.6.